The van der Waals surface area contributed by atoms with E-state index in [2.05, 4.69) is 58.1 Å². The molecule has 0 radical (unpaired) electrons. The Labute approximate surface area is 142 Å². The summed E-state index contributed by atoms with van der Waals surface area (Å²) < 4.78 is 2.13. The number of imidazole rings is 1. The zero-order chi connectivity index (χ0) is 16.0. The van der Waals surface area contributed by atoms with Gasteiger partial charge in [-0.2, -0.15) is 11.8 Å². The third-order valence-electron chi connectivity index (χ3n) is 2.56. The molecule has 21 heavy (non-hydrogen) atoms. The van der Waals surface area contributed by atoms with Crippen LogP contribution in [0.1, 0.15) is 47.4 Å². The van der Waals surface area contributed by atoms with E-state index in [9.17, 15) is 0 Å². The first-order valence-corrected chi connectivity index (χ1v) is 10.3. The minimum Gasteiger partial charge on any atom is -0.334 e. The summed E-state index contributed by atoms with van der Waals surface area (Å²) in [4.78, 5) is 7.41. The first-order chi connectivity index (χ1) is 9.81. The van der Waals surface area contributed by atoms with Gasteiger partial charge in [-0.15, -0.1) is 23.5 Å². The summed E-state index contributed by atoms with van der Waals surface area (Å²) >= 11 is 5.93. The molecule has 0 unspecified atom stereocenters. The van der Waals surface area contributed by atoms with Crippen molar-refractivity contribution in [3.63, 3.8) is 0 Å². The van der Waals surface area contributed by atoms with E-state index in [-0.39, 0.29) is 0 Å². The fraction of sp³-hybridized carbons (Fsp3) is 0.688. The number of nitrogens with zero attached hydrogens (tertiary/aromatic N) is 2. The van der Waals surface area contributed by atoms with Gasteiger partial charge >= 0.3 is 0 Å². The molecule has 0 aliphatic rings. The normalized spacial score (nSPS) is 13.4. The minimum absolute atomic E-state index is 0.559. The molecule has 0 saturated carbocycles. The first-order valence-electron chi connectivity index (χ1n) is 7.47. The van der Waals surface area contributed by atoms with Crippen LogP contribution >= 0.6 is 35.3 Å². The maximum atomic E-state index is 4.59. The van der Waals surface area contributed by atoms with Crippen molar-refractivity contribution in [1.82, 2.24) is 9.55 Å². The lowest BCUT2D eigenvalue weighted by Crippen LogP contribution is -2.03. The highest BCUT2D eigenvalue weighted by atomic mass is 32.2. The van der Waals surface area contributed by atoms with Gasteiger partial charge in [0.2, 0.25) is 0 Å². The third-order valence-corrected chi connectivity index (χ3v) is 6.23. The maximum absolute atomic E-state index is 4.59. The Bertz CT molecular complexity index is 462. The molecule has 5 heteroatoms. The van der Waals surface area contributed by atoms with E-state index in [1.807, 2.05) is 47.7 Å². The largest absolute Gasteiger partial charge is 0.334 e. The fourth-order valence-corrected chi connectivity index (χ4v) is 4.97. The molecule has 0 aliphatic carbocycles. The molecular formula is C16H28N2S3. The quantitative estimate of drug-likeness (QED) is 0.618. The molecule has 0 spiro atoms. The van der Waals surface area contributed by atoms with Crippen molar-refractivity contribution in [2.75, 3.05) is 5.75 Å². The second kappa shape index (κ2) is 9.21. The van der Waals surface area contributed by atoms with Crippen molar-refractivity contribution in [2.24, 2.45) is 7.05 Å². The summed E-state index contributed by atoms with van der Waals surface area (Å²) in [5, 5.41) is 1.80. The smallest absolute Gasteiger partial charge is 0.146 e. The van der Waals surface area contributed by atoms with Crippen LogP contribution in [-0.4, -0.2) is 31.1 Å². The first kappa shape index (κ1) is 19.0. The standard InChI is InChI=1S/C16H28N2S3/c1-11(2)19-10-14(20-12(3)4)15(21-13(5)6)16-17-8-9-18(16)7/h8-9,11-13H,10H2,1-7H3/b15-14-. The topological polar surface area (TPSA) is 17.8 Å². The van der Waals surface area contributed by atoms with Crippen LogP contribution < -0.4 is 0 Å². The van der Waals surface area contributed by atoms with Crippen LogP contribution in [0.4, 0.5) is 0 Å². The van der Waals surface area contributed by atoms with Gasteiger partial charge in [-0.3, -0.25) is 0 Å². The Kier molecular flexibility index (Phi) is 8.35. The second-order valence-corrected chi connectivity index (χ2v) is 10.6. The molecule has 0 saturated heterocycles. The molecule has 120 valence electrons. The molecule has 0 N–H and O–H groups in total. The van der Waals surface area contributed by atoms with Gasteiger partial charge in [0.25, 0.3) is 0 Å². The van der Waals surface area contributed by atoms with E-state index >= 15 is 0 Å². The molecule has 0 amide bonds. The van der Waals surface area contributed by atoms with Gasteiger partial charge in [-0.05, 0) is 5.25 Å². The molecule has 1 aromatic heterocycles. The van der Waals surface area contributed by atoms with Crippen molar-refractivity contribution in [3.8, 4) is 0 Å². The molecule has 0 atom stereocenters. The van der Waals surface area contributed by atoms with E-state index in [0.29, 0.717) is 15.7 Å². The highest BCUT2D eigenvalue weighted by Crippen LogP contribution is 2.40. The monoisotopic (exact) mass is 344 g/mol. The van der Waals surface area contributed by atoms with Gasteiger partial charge in [0, 0.05) is 40.6 Å². The molecule has 0 fully saturated rings. The van der Waals surface area contributed by atoms with Gasteiger partial charge in [0.15, 0.2) is 0 Å². The van der Waals surface area contributed by atoms with Crippen molar-refractivity contribution in [1.29, 1.82) is 0 Å². The molecule has 1 aromatic rings. The molecular weight excluding hydrogens is 316 g/mol. The molecule has 2 nitrogen and oxygen atoms in total. The summed E-state index contributed by atoms with van der Waals surface area (Å²) in [6.45, 7) is 13.6. The van der Waals surface area contributed by atoms with Gasteiger partial charge < -0.3 is 4.57 Å². The van der Waals surface area contributed by atoms with E-state index < -0.39 is 0 Å². The lowest BCUT2D eigenvalue weighted by atomic mass is 10.5. The Morgan fingerprint density at radius 1 is 1.05 bits per heavy atom. The Hall–Kier alpha value is -0.000000000000000111. The summed E-state index contributed by atoms with van der Waals surface area (Å²) in [5.74, 6) is 2.17. The molecule has 0 bridgehead atoms. The van der Waals surface area contributed by atoms with Crippen LogP contribution in [0.3, 0.4) is 0 Å². The minimum atomic E-state index is 0.559. The fourth-order valence-electron chi connectivity index (χ4n) is 1.74. The highest BCUT2D eigenvalue weighted by molar-refractivity contribution is 8.12. The second-order valence-electron chi connectivity index (χ2n) is 5.81. The van der Waals surface area contributed by atoms with E-state index in [4.69, 9.17) is 0 Å². The van der Waals surface area contributed by atoms with Crippen LogP contribution in [0, 0.1) is 0 Å². The molecule has 1 rings (SSSR count). The van der Waals surface area contributed by atoms with Crippen molar-refractivity contribution in [3.05, 3.63) is 23.1 Å². The number of thioether (sulfide) groups is 3. The zero-order valence-corrected chi connectivity index (χ0v) is 16.7. The molecule has 0 aromatic carbocycles. The molecule has 0 aliphatic heterocycles. The van der Waals surface area contributed by atoms with Crippen molar-refractivity contribution >= 4 is 40.2 Å². The summed E-state index contributed by atoms with van der Waals surface area (Å²) in [5.41, 5.74) is 0. The molecule has 1 heterocycles. The Morgan fingerprint density at radius 2 is 1.67 bits per heavy atom. The summed E-state index contributed by atoms with van der Waals surface area (Å²) in [6, 6.07) is 0. The van der Waals surface area contributed by atoms with Gasteiger partial charge in [0.05, 0.1) is 4.91 Å². The van der Waals surface area contributed by atoms with E-state index in [1.54, 1.807) is 0 Å². The van der Waals surface area contributed by atoms with Crippen LogP contribution in [0.2, 0.25) is 0 Å². The SMILES string of the molecule is CC(C)SC/C(SC(C)C)=C(/SC(C)C)c1nccn1C. The van der Waals surface area contributed by atoms with E-state index in [1.165, 1.54) is 9.81 Å². The Balaban J connectivity index is 3.18. The van der Waals surface area contributed by atoms with Gasteiger partial charge in [0.1, 0.15) is 5.82 Å². The average molecular weight is 345 g/mol. The number of rotatable bonds is 8. The lowest BCUT2D eigenvalue weighted by Gasteiger charge is -2.18. The van der Waals surface area contributed by atoms with Crippen LogP contribution in [0.25, 0.3) is 4.91 Å². The summed E-state index contributed by atoms with van der Waals surface area (Å²) in [7, 11) is 2.08. The zero-order valence-electron chi connectivity index (χ0n) is 14.2. The third kappa shape index (κ3) is 6.74. The van der Waals surface area contributed by atoms with Crippen LogP contribution in [-0.2, 0) is 7.05 Å². The Morgan fingerprint density at radius 3 is 2.10 bits per heavy atom. The predicted molar refractivity (Wildman–Crippen MR) is 103 cm³/mol. The number of aromatic nitrogens is 2. The van der Waals surface area contributed by atoms with Crippen LogP contribution in [0.15, 0.2) is 17.3 Å². The van der Waals surface area contributed by atoms with Crippen molar-refractivity contribution < 1.29 is 0 Å². The summed E-state index contributed by atoms with van der Waals surface area (Å²) in [6.07, 6.45) is 3.92. The number of aryl methyl sites for hydroxylation is 1. The predicted octanol–water partition coefficient (Wildman–Crippen LogP) is 5.51. The number of hydrogen-bond acceptors (Lipinski definition) is 4. The van der Waals surface area contributed by atoms with E-state index in [0.717, 1.165) is 11.6 Å². The highest BCUT2D eigenvalue weighted by Gasteiger charge is 2.18. The maximum Gasteiger partial charge on any atom is 0.146 e. The van der Waals surface area contributed by atoms with Gasteiger partial charge in [-0.25, -0.2) is 4.98 Å². The number of hydrogen-bond donors (Lipinski definition) is 0. The average Bonchev–Trinajstić information content (AvgIpc) is 2.77. The lowest BCUT2D eigenvalue weighted by molar-refractivity contribution is 0.894. The van der Waals surface area contributed by atoms with Gasteiger partial charge in [-0.1, -0.05) is 41.5 Å². The van der Waals surface area contributed by atoms with Crippen molar-refractivity contribution in [2.45, 2.75) is 57.3 Å². The van der Waals surface area contributed by atoms with Crippen LogP contribution in [0.5, 0.6) is 0 Å².